The summed E-state index contributed by atoms with van der Waals surface area (Å²) in [5.74, 6) is 0.214. The molecule has 0 aromatic heterocycles. The van der Waals surface area contributed by atoms with Gasteiger partial charge in [-0.2, -0.15) is 0 Å². The van der Waals surface area contributed by atoms with Crippen molar-refractivity contribution in [3.8, 4) is 0 Å². The molecular weight excluding hydrogens is 256 g/mol. The number of nitrogens with zero attached hydrogens (tertiary/aromatic N) is 1. The number of hydrogen-bond donors (Lipinski definition) is 2. The fourth-order valence-electron chi connectivity index (χ4n) is 3.78. The average Bonchev–Trinajstić information content (AvgIpc) is 2.46. The van der Waals surface area contributed by atoms with Crippen molar-refractivity contribution in [1.29, 1.82) is 0 Å². The Morgan fingerprint density at radius 3 is 2.70 bits per heavy atom. The van der Waals surface area contributed by atoms with E-state index in [1.54, 1.807) is 12.1 Å². The molecule has 0 amide bonds. The molecule has 108 valence electrons. The molecule has 1 aromatic carbocycles. The normalized spacial score (nSPS) is 33.5. The van der Waals surface area contributed by atoms with Gasteiger partial charge in [-0.25, -0.2) is 0 Å². The first kappa shape index (κ1) is 13.5. The van der Waals surface area contributed by atoms with Crippen LogP contribution < -0.4 is 5.32 Å². The molecule has 1 saturated heterocycles. The highest BCUT2D eigenvalue weighted by atomic mass is 16.6. The van der Waals surface area contributed by atoms with Crippen molar-refractivity contribution in [2.75, 3.05) is 6.54 Å². The van der Waals surface area contributed by atoms with Crippen LogP contribution in [-0.4, -0.2) is 22.2 Å². The van der Waals surface area contributed by atoms with Gasteiger partial charge in [0.15, 0.2) is 0 Å². The second-order valence-electron chi connectivity index (χ2n) is 5.99. The Labute approximate surface area is 118 Å². The van der Waals surface area contributed by atoms with Gasteiger partial charge in [-0.3, -0.25) is 10.1 Å². The molecule has 1 aliphatic carbocycles. The summed E-state index contributed by atoms with van der Waals surface area (Å²) in [5.41, 5.74) is 0.597. The van der Waals surface area contributed by atoms with Gasteiger partial charge in [-0.1, -0.05) is 25.0 Å². The summed E-state index contributed by atoms with van der Waals surface area (Å²) in [4.78, 5) is 10.3. The SMILES string of the molecule is O=[N+]([O-])c1ccc(C2NCCC3(O)CCCCC23)cc1. The van der Waals surface area contributed by atoms with Crippen LogP contribution in [0.3, 0.4) is 0 Å². The fourth-order valence-corrected chi connectivity index (χ4v) is 3.78. The van der Waals surface area contributed by atoms with Gasteiger partial charge in [0.1, 0.15) is 0 Å². The van der Waals surface area contributed by atoms with E-state index in [-0.39, 0.29) is 22.6 Å². The quantitative estimate of drug-likeness (QED) is 0.643. The van der Waals surface area contributed by atoms with Gasteiger partial charge in [-0.15, -0.1) is 0 Å². The maximum atomic E-state index is 10.8. The number of nitro groups is 1. The number of benzene rings is 1. The highest BCUT2D eigenvalue weighted by Crippen LogP contribution is 2.45. The van der Waals surface area contributed by atoms with Gasteiger partial charge in [-0.05, 0) is 31.4 Å². The van der Waals surface area contributed by atoms with Gasteiger partial charge in [0.05, 0.1) is 10.5 Å². The number of piperidine rings is 1. The summed E-state index contributed by atoms with van der Waals surface area (Å²) in [5, 5.41) is 25.0. The van der Waals surface area contributed by atoms with Crippen molar-refractivity contribution < 1.29 is 10.0 Å². The Morgan fingerprint density at radius 2 is 2.00 bits per heavy atom. The van der Waals surface area contributed by atoms with Gasteiger partial charge >= 0.3 is 0 Å². The first-order chi connectivity index (χ1) is 9.60. The molecule has 1 saturated carbocycles. The Balaban J connectivity index is 1.86. The van der Waals surface area contributed by atoms with Gasteiger partial charge < -0.3 is 10.4 Å². The van der Waals surface area contributed by atoms with E-state index in [1.165, 1.54) is 0 Å². The van der Waals surface area contributed by atoms with E-state index >= 15 is 0 Å². The van der Waals surface area contributed by atoms with E-state index < -0.39 is 5.60 Å². The number of hydrogen-bond acceptors (Lipinski definition) is 4. The van der Waals surface area contributed by atoms with Crippen LogP contribution in [0.4, 0.5) is 5.69 Å². The van der Waals surface area contributed by atoms with Crippen molar-refractivity contribution in [3.63, 3.8) is 0 Å². The van der Waals surface area contributed by atoms with Crippen LogP contribution in [0.1, 0.15) is 43.7 Å². The molecule has 2 fully saturated rings. The van der Waals surface area contributed by atoms with Gasteiger partial charge in [0.2, 0.25) is 0 Å². The molecule has 3 atom stereocenters. The van der Waals surface area contributed by atoms with Crippen LogP contribution in [-0.2, 0) is 0 Å². The van der Waals surface area contributed by atoms with Crippen LogP contribution in [0.2, 0.25) is 0 Å². The first-order valence-electron chi connectivity index (χ1n) is 7.30. The topological polar surface area (TPSA) is 75.4 Å². The predicted molar refractivity (Wildman–Crippen MR) is 75.4 cm³/mol. The monoisotopic (exact) mass is 276 g/mol. The van der Waals surface area contributed by atoms with E-state index in [2.05, 4.69) is 5.32 Å². The summed E-state index contributed by atoms with van der Waals surface area (Å²) in [7, 11) is 0. The van der Waals surface area contributed by atoms with Crippen molar-refractivity contribution in [2.24, 2.45) is 5.92 Å². The standard InChI is InChI=1S/C15H20N2O3/c18-15-8-2-1-3-13(15)14(16-10-9-15)11-4-6-12(7-5-11)17(19)20/h4-7,13-14,16,18H,1-3,8-10H2. The lowest BCUT2D eigenvalue weighted by molar-refractivity contribution is -0.384. The molecular formula is C15H20N2O3. The smallest absolute Gasteiger partial charge is 0.269 e. The van der Waals surface area contributed by atoms with Crippen molar-refractivity contribution in [1.82, 2.24) is 5.32 Å². The Kier molecular flexibility index (Phi) is 3.48. The molecule has 5 heteroatoms. The maximum absolute atomic E-state index is 10.8. The molecule has 0 bridgehead atoms. The van der Waals surface area contributed by atoms with E-state index in [4.69, 9.17) is 0 Å². The minimum Gasteiger partial charge on any atom is -0.389 e. The summed E-state index contributed by atoms with van der Waals surface area (Å²) in [6, 6.07) is 6.84. The summed E-state index contributed by atoms with van der Waals surface area (Å²) in [6.07, 6.45) is 4.95. The van der Waals surface area contributed by atoms with Crippen molar-refractivity contribution in [3.05, 3.63) is 39.9 Å². The predicted octanol–water partition coefficient (Wildman–Crippen LogP) is 2.55. The molecule has 3 unspecified atom stereocenters. The van der Waals surface area contributed by atoms with E-state index in [1.807, 2.05) is 12.1 Å². The summed E-state index contributed by atoms with van der Waals surface area (Å²) >= 11 is 0. The van der Waals surface area contributed by atoms with Gasteiger partial charge in [0, 0.05) is 24.1 Å². The second-order valence-corrected chi connectivity index (χ2v) is 5.99. The molecule has 5 nitrogen and oxygen atoms in total. The molecule has 1 aromatic rings. The number of nitro benzene ring substituents is 1. The lowest BCUT2D eigenvalue weighted by Gasteiger charge is -2.48. The van der Waals surface area contributed by atoms with E-state index in [9.17, 15) is 15.2 Å². The average molecular weight is 276 g/mol. The third-order valence-corrected chi connectivity index (χ3v) is 4.85. The zero-order valence-corrected chi connectivity index (χ0v) is 11.4. The second kappa shape index (κ2) is 5.14. The van der Waals surface area contributed by atoms with Crippen LogP contribution in [0.5, 0.6) is 0 Å². The highest BCUT2D eigenvalue weighted by molar-refractivity contribution is 5.35. The summed E-state index contributed by atoms with van der Waals surface area (Å²) in [6.45, 7) is 0.800. The van der Waals surface area contributed by atoms with Crippen LogP contribution in [0.15, 0.2) is 24.3 Å². The Bertz CT molecular complexity index is 498. The number of non-ortho nitro benzene ring substituents is 1. The minimum atomic E-state index is -0.560. The number of rotatable bonds is 2. The number of fused-ring (bicyclic) bond motifs is 1. The summed E-state index contributed by atoms with van der Waals surface area (Å²) < 4.78 is 0. The maximum Gasteiger partial charge on any atom is 0.269 e. The van der Waals surface area contributed by atoms with Crippen molar-refractivity contribution in [2.45, 2.75) is 43.7 Å². The fraction of sp³-hybridized carbons (Fsp3) is 0.600. The van der Waals surface area contributed by atoms with E-state index in [0.717, 1.165) is 44.2 Å². The number of nitrogens with one attached hydrogen (secondary N) is 1. The molecule has 20 heavy (non-hydrogen) atoms. The molecule has 2 N–H and O–H groups in total. The molecule has 0 spiro atoms. The Hall–Kier alpha value is -1.46. The van der Waals surface area contributed by atoms with Crippen LogP contribution >= 0.6 is 0 Å². The lowest BCUT2D eigenvalue weighted by Crippen LogP contribution is -2.53. The van der Waals surface area contributed by atoms with Crippen molar-refractivity contribution >= 4 is 5.69 Å². The highest BCUT2D eigenvalue weighted by Gasteiger charge is 2.45. The zero-order valence-electron chi connectivity index (χ0n) is 11.4. The first-order valence-corrected chi connectivity index (χ1v) is 7.30. The third kappa shape index (κ3) is 2.31. The lowest BCUT2D eigenvalue weighted by atomic mass is 9.67. The molecule has 3 rings (SSSR count). The molecule has 0 radical (unpaired) electrons. The molecule has 1 heterocycles. The molecule has 1 aliphatic heterocycles. The third-order valence-electron chi connectivity index (χ3n) is 4.85. The largest absolute Gasteiger partial charge is 0.389 e. The minimum absolute atomic E-state index is 0.106. The van der Waals surface area contributed by atoms with Crippen LogP contribution in [0, 0.1) is 16.0 Å². The van der Waals surface area contributed by atoms with Crippen LogP contribution in [0.25, 0.3) is 0 Å². The molecule has 2 aliphatic rings. The number of aliphatic hydroxyl groups is 1. The van der Waals surface area contributed by atoms with E-state index in [0.29, 0.717) is 0 Å². The van der Waals surface area contributed by atoms with Gasteiger partial charge in [0.25, 0.3) is 5.69 Å². The Morgan fingerprint density at radius 1 is 1.25 bits per heavy atom. The zero-order chi connectivity index (χ0) is 14.2.